The van der Waals surface area contributed by atoms with Gasteiger partial charge in [-0.2, -0.15) is 5.10 Å². The van der Waals surface area contributed by atoms with Gasteiger partial charge in [-0.15, -0.1) is 0 Å². The quantitative estimate of drug-likeness (QED) is 0.142. The monoisotopic (exact) mass is 576 g/mol. The van der Waals surface area contributed by atoms with E-state index in [9.17, 15) is 13.2 Å². The van der Waals surface area contributed by atoms with Gasteiger partial charge < -0.3 is 9.64 Å². The summed E-state index contributed by atoms with van der Waals surface area (Å²) in [4.78, 5) is 14.8. The van der Waals surface area contributed by atoms with Gasteiger partial charge in [-0.1, -0.05) is 66.7 Å². The Hall–Kier alpha value is -5.41. The molecule has 5 aromatic rings. The highest BCUT2D eigenvalue weighted by atomic mass is 32.2. The Morgan fingerprint density at radius 1 is 0.738 bits per heavy atom. The molecule has 0 radical (unpaired) electrons. The maximum Gasteiger partial charge on any atom is 0.271 e. The van der Waals surface area contributed by atoms with Crippen molar-refractivity contribution in [2.75, 3.05) is 16.7 Å². The van der Waals surface area contributed by atoms with E-state index in [0.717, 1.165) is 22.6 Å². The molecule has 42 heavy (non-hydrogen) atoms. The molecule has 1 amide bonds. The number of methoxy groups -OCH3 is 1. The zero-order chi connectivity index (χ0) is 29.4. The molecule has 5 aromatic carbocycles. The van der Waals surface area contributed by atoms with Gasteiger partial charge in [-0.3, -0.25) is 9.52 Å². The summed E-state index contributed by atoms with van der Waals surface area (Å²) < 4.78 is 33.7. The van der Waals surface area contributed by atoms with Gasteiger partial charge in [0.15, 0.2) is 0 Å². The van der Waals surface area contributed by atoms with E-state index in [1.807, 2.05) is 84.9 Å². The average Bonchev–Trinajstić information content (AvgIpc) is 3.03. The minimum absolute atomic E-state index is 0.0676. The van der Waals surface area contributed by atoms with Gasteiger partial charge in [0.1, 0.15) is 5.75 Å². The number of para-hydroxylation sites is 4. The number of hydrogen-bond acceptors (Lipinski definition) is 6. The number of carbonyl (C=O) groups excluding carboxylic acids is 1. The zero-order valence-corrected chi connectivity index (χ0v) is 23.5. The van der Waals surface area contributed by atoms with Crippen LogP contribution in [0, 0.1) is 0 Å². The topological polar surface area (TPSA) is 100 Å². The Kier molecular flexibility index (Phi) is 8.60. The van der Waals surface area contributed by atoms with E-state index in [-0.39, 0.29) is 10.5 Å². The van der Waals surface area contributed by atoms with Crippen molar-refractivity contribution in [1.82, 2.24) is 5.43 Å². The molecule has 210 valence electrons. The normalized spacial score (nSPS) is 11.2. The molecule has 8 nitrogen and oxygen atoms in total. The Balaban J connectivity index is 1.27. The lowest BCUT2D eigenvalue weighted by atomic mass is 10.1. The summed E-state index contributed by atoms with van der Waals surface area (Å²) in [6.07, 6.45) is 1.53. The molecule has 0 saturated heterocycles. The predicted octanol–water partition coefficient (Wildman–Crippen LogP) is 6.73. The number of carbonyl (C=O) groups is 1. The lowest BCUT2D eigenvalue weighted by Gasteiger charge is -2.25. The first-order chi connectivity index (χ1) is 20.4. The third kappa shape index (κ3) is 6.65. The van der Waals surface area contributed by atoms with Gasteiger partial charge >= 0.3 is 0 Å². The summed E-state index contributed by atoms with van der Waals surface area (Å²) in [7, 11) is -2.51. The smallest absolute Gasteiger partial charge is 0.271 e. The minimum atomic E-state index is -3.97. The maximum atomic E-state index is 13.0. The molecule has 0 aliphatic heterocycles. The summed E-state index contributed by atoms with van der Waals surface area (Å²) >= 11 is 0. The first-order valence-corrected chi connectivity index (χ1v) is 14.5. The molecule has 0 atom stereocenters. The van der Waals surface area contributed by atoms with Gasteiger partial charge in [0.2, 0.25) is 0 Å². The fourth-order valence-corrected chi connectivity index (χ4v) is 5.39. The van der Waals surface area contributed by atoms with Crippen LogP contribution in [0.2, 0.25) is 0 Å². The molecule has 0 heterocycles. The SMILES string of the molecule is COc1ccccc1NS(=O)(=O)c1cccc(C(=O)N/N=C\c2ccc(N(c3ccccc3)c3ccccc3)cc2)c1. The molecule has 0 spiro atoms. The third-order valence-corrected chi connectivity index (χ3v) is 7.68. The van der Waals surface area contributed by atoms with Crippen molar-refractivity contribution in [3.8, 4) is 5.75 Å². The fraction of sp³-hybridized carbons (Fsp3) is 0.0303. The Morgan fingerprint density at radius 3 is 1.98 bits per heavy atom. The van der Waals surface area contributed by atoms with Crippen molar-refractivity contribution in [1.29, 1.82) is 0 Å². The van der Waals surface area contributed by atoms with Crippen LogP contribution in [0.15, 0.2) is 143 Å². The Morgan fingerprint density at radius 2 is 1.33 bits per heavy atom. The fourth-order valence-electron chi connectivity index (χ4n) is 4.28. The summed E-state index contributed by atoms with van der Waals surface area (Å²) in [5.41, 5.74) is 6.70. The molecule has 0 aliphatic carbocycles. The standard InChI is InChI=1S/C33H28N4O4S/c1-41-32-18-9-8-17-31(32)36-42(39,40)30-16-10-11-26(23-30)33(38)35-34-24-25-19-21-29(22-20-25)37(27-12-4-2-5-13-27)28-14-6-3-7-15-28/h2-24,36H,1H3,(H,35,38)/b34-24-. The number of hydrazone groups is 1. The molecular weight excluding hydrogens is 548 g/mol. The summed E-state index contributed by atoms with van der Waals surface area (Å²) in [5.74, 6) is -0.165. The predicted molar refractivity (Wildman–Crippen MR) is 166 cm³/mol. The minimum Gasteiger partial charge on any atom is -0.495 e. The van der Waals surface area contributed by atoms with Gasteiger partial charge in [0.25, 0.3) is 15.9 Å². The molecule has 0 fully saturated rings. The second-order valence-corrected chi connectivity index (χ2v) is 10.8. The number of benzene rings is 5. The van der Waals surface area contributed by atoms with Gasteiger partial charge in [0, 0.05) is 22.6 Å². The second-order valence-electron chi connectivity index (χ2n) is 9.13. The second kappa shape index (κ2) is 12.8. The third-order valence-electron chi connectivity index (χ3n) is 6.32. The number of rotatable bonds is 10. The van der Waals surface area contributed by atoms with Crippen molar-refractivity contribution >= 4 is 44.9 Å². The first-order valence-electron chi connectivity index (χ1n) is 13.0. The van der Waals surface area contributed by atoms with Gasteiger partial charge in [-0.25, -0.2) is 13.8 Å². The summed E-state index contributed by atoms with van der Waals surface area (Å²) in [6, 6.07) is 40.3. The van der Waals surface area contributed by atoms with E-state index in [1.54, 1.807) is 24.3 Å². The van der Waals surface area contributed by atoms with Crippen molar-refractivity contribution in [3.63, 3.8) is 0 Å². The van der Waals surface area contributed by atoms with Crippen LogP contribution in [0.25, 0.3) is 0 Å². The molecule has 0 saturated carbocycles. The van der Waals surface area contributed by atoms with Crippen LogP contribution in [0.3, 0.4) is 0 Å². The Bertz CT molecular complexity index is 1750. The zero-order valence-electron chi connectivity index (χ0n) is 22.7. The highest BCUT2D eigenvalue weighted by molar-refractivity contribution is 7.92. The van der Waals surface area contributed by atoms with Crippen molar-refractivity contribution in [3.05, 3.63) is 145 Å². The molecule has 0 bridgehead atoms. The van der Waals surface area contributed by atoms with Crippen molar-refractivity contribution < 1.29 is 17.9 Å². The number of hydrogen-bond donors (Lipinski definition) is 2. The molecule has 0 aliphatic rings. The number of sulfonamides is 1. The van der Waals surface area contributed by atoms with Crippen LogP contribution in [0.1, 0.15) is 15.9 Å². The molecule has 2 N–H and O–H groups in total. The molecule has 9 heteroatoms. The van der Waals surface area contributed by atoms with Crippen LogP contribution in [0.4, 0.5) is 22.7 Å². The number of amides is 1. The van der Waals surface area contributed by atoms with Crippen LogP contribution >= 0.6 is 0 Å². The maximum absolute atomic E-state index is 13.0. The average molecular weight is 577 g/mol. The molecule has 0 aromatic heterocycles. The van der Waals surface area contributed by atoms with Crippen LogP contribution in [-0.2, 0) is 10.0 Å². The van der Waals surface area contributed by atoms with E-state index in [2.05, 4.69) is 20.1 Å². The largest absolute Gasteiger partial charge is 0.495 e. The molecule has 5 rings (SSSR count). The Labute approximate surface area is 245 Å². The number of ether oxygens (including phenoxy) is 1. The van der Waals surface area contributed by atoms with E-state index >= 15 is 0 Å². The molecular formula is C33H28N4O4S. The number of anilines is 4. The van der Waals surface area contributed by atoms with Gasteiger partial charge in [0.05, 0.1) is 23.9 Å². The number of nitrogens with zero attached hydrogens (tertiary/aromatic N) is 2. The van der Waals surface area contributed by atoms with E-state index in [0.29, 0.717) is 11.4 Å². The molecule has 0 unspecified atom stereocenters. The number of nitrogens with one attached hydrogen (secondary N) is 2. The van der Waals surface area contributed by atoms with Crippen molar-refractivity contribution in [2.45, 2.75) is 4.90 Å². The van der Waals surface area contributed by atoms with E-state index in [1.165, 1.54) is 37.6 Å². The van der Waals surface area contributed by atoms with Crippen LogP contribution < -0.4 is 19.8 Å². The highest BCUT2D eigenvalue weighted by Crippen LogP contribution is 2.34. The lowest BCUT2D eigenvalue weighted by molar-refractivity contribution is 0.0955. The summed E-state index contributed by atoms with van der Waals surface area (Å²) in [6.45, 7) is 0. The van der Waals surface area contributed by atoms with Crippen molar-refractivity contribution in [2.24, 2.45) is 5.10 Å². The lowest BCUT2D eigenvalue weighted by Crippen LogP contribution is -2.19. The van der Waals surface area contributed by atoms with Crippen LogP contribution in [0.5, 0.6) is 5.75 Å². The van der Waals surface area contributed by atoms with Crippen LogP contribution in [-0.4, -0.2) is 27.6 Å². The highest BCUT2D eigenvalue weighted by Gasteiger charge is 2.18. The first kappa shape index (κ1) is 28.1. The van der Waals surface area contributed by atoms with E-state index < -0.39 is 15.9 Å². The summed E-state index contributed by atoms with van der Waals surface area (Å²) in [5, 5.41) is 4.07. The van der Waals surface area contributed by atoms with E-state index in [4.69, 9.17) is 4.74 Å². The van der Waals surface area contributed by atoms with Gasteiger partial charge in [-0.05, 0) is 72.3 Å².